The maximum atomic E-state index is 13.8. The first-order chi connectivity index (χ1) is 12.7. The Balaban J connectivity index is 1.64. The lowest BCUT2D eigenvalue weighted by Crippen LogP contribution is -2.27. The Hall–Kier alpha value is -2.47. The summed E-state index contributed by atoms with van der Waals surface area (Å²) in [4.78, 5) is 21.1. The second-order valence-electron chi connectivity index (χ2n) is 6.31. The second-order valence-corrected chi connectivity index (χ2v) is 7.27. The van der Waals surface area contributed by atoms with Crippen LogP contribution in [0.4, 0.5) is 4.39 Å². The number of nitrogens with zero attached hydrogens (tertiary/aromatic N) is 3. The highest BCUT2D eigenvalue weighted by Crippen LogP contribution is 2.31. The van der Waals surface area contributed by atoms with Crippen molar-refractivity contribution in [3.63, 3.8) is 0 Å². The van der Waals surface area contributed by atoms with E-state index in [2.05, 4.69) is 9.97 Å². The highest BCUT2D eigenvalue weighted by molar-refractivity contribution is 7.98. The summed E-state index contributed by atoms with van der Waals surface area (Å²) in [7, 11) is 0. The summed E-state index contributed by atoms with van der Waals surface area (Å²) in [6.07, 6.45) is 6.29. The van der Waals surface area contributed by atoms with Gasteiger partial charge in [0.1, 0.15) is 10.8 Å². The summed E-state index contributed by atoms with van der Waals surface area (Å²) in [5.41, 5.74) is 3.56. The first-order valence-corrected chi connectivity index (χ1v) is 9.58. The van der Waals surface area contributed by atoms with Gasteiger partial charge in [-0.25, -0.2) is 9.18 Å². The predicted octanol–water partition coefficient (Wildman–Crippen LogP) is 3.61. The topological polar surface area (TPSA) is 47.8 Å². The van der Waals surface area contributed by atoms with E-state index in [1.165, 1.54) is 17.8 Å². The Kier molecular flexibility index (Phi) is 4.84. The zero-order chi connectivity index (χ0) is 17.9. The second kappa shape index (κ2) is 7.41. The van der Waals surface area contributed by atoms with Gasteiger partial charge in [-0.3, -0.25) is 9.55 Å². The number of pyridine rings is 1. The van der Waals surface area contributed by atoms with E-state index in [4.69, 9.17) is 0 Å². The lowest BCUT2D eigenvalue weighted by atomic mass is 10.2. The van der Waals surface area contributed by atoms with E-state index >= 15 is 0 Å². The van der Waals surface area contributed by atoms with E-state index < -0.39 is 0 Å². The molecular formula is C20H18FN3OS. The molecule has 0 unspecified atom stereocenters. The minimum atomic E-state index is -0.245. The molecule has 6 heteroatoms. The van der Waals surface area contributed by atoms with Crippen molar-refractivity contribution in [2.45, 2.75) is 36.6 Å². The molecule has 0 saturated carbocycles. The normalized spacial score (nSPS) is 13.0. The molecule has 0 spiro atoms. The monoisotopic (exact) mass is 367 g/mol. The standard InChI is InChI=1S/C20H18FN3OS/c21-17-8-2-1-6-15(17)13-26-19-16-7-3-9-18(16)24(20(25)23-19)12-14-5-4-10-22-11-14/h1-2,4-6,8,10-11H,3,7,9,12-13H2. The molecule has 0 saturated heterocycles. The summed E-state index contributed by atoms with van der Waals surface area (Å²) < 4.78 is 15.6. The first kappa shape index (κ1) is 17.0. The lowest BCUT2D eigenvalue weighted by molar-refractivity contribution is 0.617. The van der Waals surface area contributed by atoms with Gasteiger partial charge in [0.05, 0.1) is 6.54 Å². The Morgan fingerprint density at radius 1 is 1.15 bits per heavy atom. The van der Waals surface area contributed by atoms with Crippen LogP contribution in [0.3, 0.4) is 0 Å². The molecule has 0 bridgehead atoms. The van der Waals surface area contributed by atoms with Gasteiger partial charge in [0.25, 0.3) is 0 Å². The number of aromatic nitrogens is 3. The van der Waals surface area contributed by atoms with Crippen LogP contribution in [-0.2, 0) is 25.1 Å². The molecular weight excluding hydrogens is 349 g/mol. The number of rotatable bonds is 5. The van der Waals surface area contributed by atoms with Gasteiger partial charge in [0, 0.05) is 29.4 Å². The Morgan fingerprint density at radius 2 is 2.04 bits per heavy atom. The number of hydrogen-bond acceptors (Lipinski definition) is 4. The summed E-state index contributed by atoms with van der Waals surface area (Å²) in [6.45, 7) is 0.486. The molecule has 1 aliphatic rings. The minimum absolute atomic E-state index is 0.221. The number of halogens is 1. The van der Waals surface area contributed by atoms with E-state index in [9.17, 15) is 9.18 Å². The van der Waals surface area contributed by atoms with E-state index in [0.717, 1.165) is 41.1 Å². The van der Waals surface area contributed by atoms with Gasteiger partial charge in [0.15, 0.2) is 0 Å². The molecule has 3 aromatic rings. The Morgan fingerprint density at radius 3 is 2.85 bits per heavy atom. The van der Waals surface area contributed by atoms with Crippen LogP contribution in [0.15, 0.2) is 58.6 Å². The van der Waals surface area contributed by atoms with Crippen molar-refractivity contribution in [3.05, 3.63) is 87.5 Å². The average molecular weight is 367 g/mol. The van der Waals surface area contributed by atoms with Gasteiger partial charge < -0.3 is 0 Å². The Bertz CT molecular complexity index is 988. The molecule has 2 heterocycles. The van der Waals surface area contributed by atoms with Crippen molar-refractivity contribution >= 4 is 11.8 Å². The molecule has 1 aromatic carbocycles. The predicted molar refractivity (Wildman–Crippen MR) is 99.8 cm³/mol. The maximum Gasteiger partial charge on any atom is 0.349 e. The third-order valence-corrected chi connectivity index (χ3v) is 5.65. The van der Waals surface area contributed by atoms with Gasteiger partial charge in [-0.2, -0.15) is 4.98 Å². The number of thioether (sulfide) groups is 1. The van der Waals surface area contributed by atoms with E-state index in [1.54, 1.807) is 29.1 Å². The zero-order valence-electron chi connectivity index (χ0n) is 14.2. The minimum Gasteiger partial charge on any atom is -0.291 e. The highest BCUT2D eigenvalue weighted by Gasteiger charge is 2.22. The third-order valence-electron chi connectivity index (χ3n) is 4.59. The van der Waals surface area contributed by atoms with Gasteiger partial charge in [0.2, 0.25) is 0 Å². The molecule has 4 rings (SSSR count). The van der Waals surface area contributed by atoms with Crippen molar-refractivity contribution in [2.75, 3.05) is 0 Å². The van der Waals surface area contributed by atoms with Gasteiger partial charge in [-0.1, -0.05) is 24.3 Å². The van der Waals surface area contributed by atoms with Crippen molar-refractivity contribution in [2.24, 2.45) is 0 Å². The molecule has 0 amide bonds. The molecule has 4 nitrogen and oxygen atoms in total. The fraction of sp³-hybridized carbons (Fsp3) is 0.250. The van der Waals surface area contributed by atoms with Crippen LogP contribution in [0.25, 0.3) is 0 Å². The van der Waals surface area contributed by atoms with Crippen molar-refractivity contribution in [1.29, 1.82) is 0 Å². The molecule has 0 aliphatic heterocycles. The average Bonchev–Trinajstić information content (AvgIpc) is 3.14. The van der Waals surface area contributed by atoms with E-state index in [1.807, 2.05) is 18.2 Å². The van der Waals surface area contributed by atoms with Crippen LogP contribution in [-0.4, -0.2) is 14.5 Å². The van der Waals surface area contributed by atoms with Crippen LogP contribution in [0.2, 0.25) is 0 Å². The number of hydrogen-bond donors (Lipinski definition) is 0. The van der Waals surface area contributed by atoms with Crippen LogP contribution in [0.1, 0.15) is 28.8 Å². The van der Waals surface area contributed by atoms with Crippen LogP contribution >= 0.6 is 11.8 Å². The smallest absolute Gasteiger partial charge is 0.291 e. The molecule has 1 aliphatic carbocycles. The van der Waals surface area contributed by atoms with Crippen LogP contribution in [0, 0.1) is 5.82 Å². The Labute approximate surface area is 155 Å². The molecule has 0 radical (unpaired) electrons. The summed E-state index contributed by atoms with van der Waals surface area (Å²) in [5.74, 6) is 0.250. The fourth-order valence-corrected chi connectivity index (χ4v) is 4.37. The van der Waals surface area contributed by atoms with Gasteiger partial charge in [-0.15, -0.1) is 11.8 Å². The fourth-order valence-electron chi connectivity index (χ4n) is 3.30. The van der Waals surface area contributed by atoms with Gasteiger partial charge in [-0.05, 0) is 42.5 Å². The molecule has 26 heavy (non-hydrogen) atoms. The highest BCUT2D eigenvalue weighted by atomic mass is 32.2. The largest absolute Gasteiger partial charge is 0.349 e. The molecule has 0 atom stereocenters. The number of fused-ring (bicyclic) bond motifs is 1. The SMILES string of the molecule is O=c1nc(SCc2ccccc2F)c2c(n1Cc1cccnc1)CCC2. The van der Waals surface area contributed by atoms with E-state index in [0.29, 0.717) is 17.9 Å². The number of benzene rings is 1. The maximum absolute atomic E-state index is 13.8. The molecule has 2 aromatic heterocycles. The van der Waals surface area contributed by atoms with E-state index in [-0.39, 0.29) is 11.5 Å². The third kappa shape index (κ3) is 3.42. The van der Waals surface area contributed by atoms with Crippen molar-refractivity contribution in [3.8, 4) is 0 Å². The van der Waals surface area contributed by atoms with Crippen molar-refractivity contribution < 1.29 is 4.39 Å². The first-order valence-electron chi connectivity index (χ1n) is 8.60. The summed E-state index contributed by atoms with van der Waals surface area (Å²) >= 11 is 1.45. The molecule has 132 valence electrons. The lowest BCUT2D eigenvalue weighted by Gasteiger charge is -2.14. The zero-order valence-corrected chi connectivity index (χ0v) is 15.0. The molecule has 0 fully saturated rings. The van der Waals surface area contributed by atoms with Crippen LogP contribution < -0.4 is 5.69 Å². The van der Waals surface area contributed by atoms with Gasteiger partial charge >= 0.3 is 5.69 Å². The summed E-state index contributed by atoms with van der Waals surface area (Å²) in [6, 6.07) is 10.6. The summed E-state index contributed by atoms with van der Waals surface area (Å²) in [5, 5.41) is 0.744. The molecule has 0 N–H and O–H groups in total. The van der Waals surface area contributed by atoms with Crippen molar-refractivity contribution in [1.82, 2.24) is 14.5 Å². The van der Waals surface area contributed by atoms with Crippen LogP contribution in [0.5, 0.6) is 0 Å². The quantitative estimate of drug-likeness (QED) is 0.511.